The van der Waals surface area contributed by atoms with Crippen LogP contribution in [0.15, 0.2) is 59.9 Å². The minimum absolute atomic E-state index is 0.274. The number of nitrogens with zero attached hydrogens (tertiary/aromatic N) is 3. The van der Waals surface area contributed by atoms with Crippen molar-refractivity contribution in [2.24, 2.45) is 10.9 Å². The van der Waals surface area contributed by atoms with E-state index in [1.807, 2.05) is 4.57 Å². The molecule has 2 heterocycles. The van der Waals surface area contributed by atoms with Crippen molar-refractivity contribution in [1.82, 2.24) is 20.2 Å². The summed E-state index contributed by atoms with van der Waals surface area (Å²) in [7, 11) is 0. The number of benzene rings is 2. The van der Waals surface area contributed by atoms with E-state index in [4.69, 9.17) is 33.9 Å². The predicted octanol–water partition coefficient (Wildman–Crippen LogP) is 4.87. The van der Waals surface area contributed by atoms with E-state index in [0.29, 0.717) is 57.8 Å². The standard InChI is InChI=1S/C24H25Cl2FN6/c1-15(30-12-16-5-7-18(27)8-6-16)31-13-21-23(28)33(14-17-9-10-29-11-17)24(32-21)22-19(25)3-2-4-20(22)26/h2-8,13,17,29-30H,1,9-12,14,28H2/b31-13-/t17-/m0/s1. The minimum atomic E-state index is -0.274. The van der Waals surface area contributed by atoms with Crippen molar-refractivity contribution in [2.45, 2.75) is 19.5 Å². The lowest BCUT2D eigenvalue weighted by Gasteiger charge is -2.15. The highest BCUT2D eigenvalue weighted by Crippen LogP contribution is 2.36. The summed E-state index contributed by atoms with van der Waals surface area (Å²) in [5.74, 6) is 1.69. The molecule has 6 nitrogen and oxygen atoms in total. The zero-order valence-electron chi connectivity index (χ0n) is 18.0. The zero-order chi connectivity index (χ0) is 23.4. The lowest BCUT2D eigenvalue weighted by molar-refractivity contribution is 0.488. The minimum Gasteiger partial charge on any atom is -0.383 e. The number of halogens is 3. The van der Waals surface area contributed by atoms with E-state index in [0.717, 1.165) is 25.1 Å². The Morgan fingerprint density at radius 1 is 1.27 bits per heavy atom. The Balaban J connectivity index is 1.58. The summed E-state index contributed by atoms with van der Waals surface area (Å²) in [4.78, 5) is 9.11. The maximum atomic E-state index is 13.1. The quantitative estimate of drug-likeness (QED) is 0.396. The fraction of sp³-hybridized carbons (Fsp3) is 0.250. The van der Waals surface area contributed by atoms with E-state index < -0.39 is 0 Å². The molecule has 3 aromatic rings. The molecule has 9 heteroatoms. The highest BCUT2D eigenvalue weighted by atomic mass is 35.5. The van der Waals surface area contributed by atoms with E-state index in [9.17, 15) is 4.39 Å². The number of nitrogens with two attached hydrogens (primary N) is 1. The van der Waals surface area contributed by atoms with Gasteiger partial charge in [-0.1, -0.05) is 48.0 Å². The van der Waals surface area contributed by atoms with Gasteiger partial charge in [-0.15, -0.1) is 0 Å². The van der Waals surface area contributed by atoms with Crippen LogP contribution >= 0.6 is 23.2 Å². The third-order valence-corrected chi connectivity index (χ3v) is 6.21. The summed E-state index contributed by atoms with van der Waals surface area (Å²) in [6.45, 7) is 6.98. The van der Waals surface area contributed by atoms with Gasteiger partial charge < -0.3 is 20.9 Å². The molecule has 33 heavy (non-hydrogen) atoms. The molecule has 1 saturated heterocycles. The Bertz CT molecular complexity index is 1150. The van der Waals surface area contributed by atoms with Gasteiger partial charge in [0.15, 0.2) is 0 Å². The SMILES string of the molecule is C=C(/N=C\c1nc(-c2c(Cl)cccc2Cl)n(C[C@H]2CCNC2)c1N)NCc1ccc(F)cc1. The van der Waals surface area contributed by atoms with Crippen molar-refractivity contribution in [1.29, 1.82) is 0 Å². The molecule has 0 aliphatic carbocycles. The average Bonchev–Trinajstić information content (AvgIpc) is 3.41. The molecule has 2 aromatic carbocycles. The summed E-state index contributed by atoms with van der Waals surface area (Å²) in [6, 6.07) is 11.6. The summed E-state index contributed by atoms with van der Waals surface area (Å²) in [6.07, 6.45) is 2.63. The normalized spacial score (nSPS) is 15.9. The number of rotatable bonds is 8. The van der Waals surface area contributed by atoms with Crippen LogP contribution in [0.5, 0.6) is 0 Å². The van der Waals surface area contributed by atoms with Crippen molar-refractivity contribution in [3.05, 3.63) is 82.0 Å². The van der Waals surface area contributed by atoms with Gasteiger partial charge in [0.1, 0.15) is 29.0 Å². The van der Waals surface area contributed by atoms with Crippen molar-refractivity contribution in [2.75, 3.05) is 18.8 Å². The van der Waals surface area contributed by atoms with Gasteiger partial charge in [0, 0.05) is 13.1 Å². The second-order valence-electron chi connectivity index (χ2n) is 7.96. The van der Waals surface area contributed by atoms with Gasteiger partial charge in [0.25, 0.3) is 0 Å². The molecule has 1 aromatic heterocycles. The monoisotopic (exact) mass is 486 g/mol. The first-order valence-corrected chi connectivity index (χ1v) is 11.4. The Labute approximate surface area is 202 Å². The predicted molar refractivity (Wildman–Crippen MR) is 133 cm³/mol. The van der Waals surface area contributed by atoms with Crippen LogP contribution in [0.2, 0.25) is 10.0 Å². The Morgan fingerprint density at radius 3 is 2.67 bits per heavy atom. The van der Waals surface area contributed by atoms with E-state index >= 15 is 0 Å². The van der Waals surface area contributed by atoms with E-state index in [2.05, 4.69) is 22.2 Å². The molecule has 1 atom stereocenters. The average molecular weight is 487 g/mol. The number of nitrogens with one attached hydrogen (secondary N) is 2. The number of imidazole rings is 1. The number of aromatic nitrogens is 2. The Morgan fingerprint density at radius 2 is 2.00 bits per heavy atom. The molecular formula is C24H25Cl2FN6. The van der Waals surface area contributed by atoms with Gasteiger partial charge in [-0.25, -0.2) is 14.4 Å². The van der Waals surface area contributed by atoms with Gasteiger partial charge in [0.05, 0.1) is 21.8 Å². The van der Waals surface area contributed by atoms with Crippen LogP contribution in [0.4, 0.5) is 10.2 Å². The van der Waals surface area contributed by atoms with Crippen molar-refractivity contribution in [3.8, 4) is 11.4 Å². The molecule has 1 fully saturated rings. The number of hydrogen-bond acceptors (Lipinski definition) is 5. The van der Waals surface area contributed by atoms with Gasteiger partial charge in [-0.3, -0.25) is 0 Å². The molecule has 0 radical (unpaired) electrons. The van der Waals surface area contributed by atoms with Gasteiger partial charge in [-0.2, -0.15) is 0 Å². The second-order valence-corrected chi connectivity index (χ2v) is 8.77. The van der Waals surface area contributed by atoms with Crippen LogP contribution in [-0.4, -0.2) is 28.9 Å². The first kappa shape index (κ1) is 23.3. The fourth-order valence-electron chi connectivity index (χ4n) is 3.79. The molecule has 0 spiro atoms. The van der Waals surface area contributed by atoms with E-state index in [1.165, 1.54) is 12.1 Å². The van der Waals surface area contributed by atoms with Gasteiger partial charge in [-0.05, 0) is 55.3 Å². The van der Waals surface area contributed by atoms with Gasteiger partial charge in [0.2, 0.25) is 0 Å². The maximum Gasteiger partial charge on any atom is 0.145 e. The van der Waals surface area contributed by atoms with Gasteiger partial charge >= 0.3 is 0 Å². The van der Waals surface area contributed by atoms with Crippen molar-refractivity contribution < 1.29 is 4.39 Å². The summed E-state index contributed by atoms with van der Waals surface area (Å²) in [5, 5.41) is 7.49. The van der Waals surface area contributed by atoms with Crippen LogP contribution in [0.25, 0.3) is 11.4 Å². The largest absolute Gasteiger partial charge is 0.383 e. The smallest absolute Gasteiger partial charge is 0.145 e. The molecular weight excluding hydrogens is 462 g/mol. The van der Waals surface area contributed by atoms with Crippen LogP contribution < -0.4 is 16.4 Å². The van der Waals surface area contributed by atoms with Crippen molar-refractivity contribution >= 4 is 35.2 Å². The fourth-order valence-corrected chi connectivity index (χ4v) is 4.35. The number of hydrogen-bond donors (Lipinski definition) is 3. The zero-order valence-corrected chi connectivity index (χ0v) is 19.5. The summed E-state index contributed by atoms with van der Waals surface area (Å²) in [5.41, 5.74) is 8.57. The van der Waals surface area contributed by atoms with Crippen LogP contribution in [0.1, 0.15) is 17.7 Å². The summed E-state index contributed by atoms with van der Waals surface area (Å²) < 4.78 is 15.0. The molecule has 172 valence electrons. The van der Waals surface area contributed by atoms with E-state index in [-0.39, 0.29) is 5.82 Å². The lowest BCUT2D eigenvalue weighted by Crippen LogP contribution is -2.17. The molecule has 4 rings (SSSR count). The molecule has 0 amide bonds. The Hall–Kier alpha value is -2.87. The third-order valence-electron chi connectivity index (χ3n) is 5.58. The van der Waals surface area contributed by atoms with Crippen LogP contribution in [0.3, 0.4) is 0 Å². The number of nitrogen functional groups attached to an aromatic ring is 1. The maximum absolute atomic E-state index is 13.1. The summed E-state index contributed by atoms with van der Waals surface area (Å²) >= 11 is 13.0. The topological polar surface area (TPSA) is 80.3 Å². The molecule has 0 bridgehead atoms. The molecule has 0 saturated carbocycles. The third kappa shape index (κ3) is 5.55. The number of aliphatic imine (C=N–C) groups is 1. The van der Waals surface area contributed by atoms with Crippen LogP contribution in [-0.2, 0) is 13.1 Å². The van der Waals surface area contributed by atoms with E-state index in [1.54, 1.807) is 36.5 Å². The first-order valence-electron chi connectivity index (χ1n) is 10.6. The highest BCUT2D eigenvalue weighted by molar-refractivity contribution is 6.39. The number of anilines is 1. The molecule has 4 N–H and O–H groups in total. The Kier molecular flexibility index (Phi) is 7.33. The molecule has 1 aliphatic heterocycles. The lowest BCUT2D eigenvalue weighted by atomic mass is 10.1. The molecule has 0 unspecified atom stereocenters. The van der Waals surface area contributed by atoms with Crippen molar-refractivity contribution in [3.63, 3.8) is 0 Å². The second kappa shape index (κ2) is 10.4. The first-order chi connectivity index (χ1) is 15.9. The molecule has 1 aliphatic rings. The highest BCUT2D eigenvalue weighted by Gasteiger charge is 2.23. The van der Waals surface area contributed by atoms with Crippen LogP contribution in [0, 0.1) is 11.7 Å².